The maximum absolute atomic E-state index is 11.5. The van der Waals surface area contributed by atoms with Gasteiger partial charge < -0.3 is 11.1 Å². The van der Waals surface area contributed by atoms with Crippen LogP contribution in [0.5, 0.6) is 0 Å². The van der Waals surface area contributed by atoms with E-state index in [1.807, 2.05) is 13.8 Å². The minimum absolute atomic E-state index is 0.0644. The molecule has 5 heteroatoms. The Hall–Kier alpha value is -0.420. The Morgan fingerprint density at radius 2 is 1.93 bits per heavy atom. The van der Waals surface area contributed by atoms with E-state index in [1.54, 1.807) is 6.92 Å². The Labute approximate surface area is 94.4 Å². The molecule has 0 aliphatic carbocycles. The first kappa shape index (κ1) is 14.6. The van der Waals surface area contributed by atoms with Gasteiger partial charge in [-0.3, -0.25) is 9.00 Å². The first-order valence-electron chi connectivity index (χ1n) is 5.41. The van der Waals surface area contributed by atoms with E-state index in [-0.39, 0.29) is 23.0 Å². The van der Waals surface area contributed by atoms with Crippen LogP contribution in [0.3, 0.4) is 0 Å². The summed E-state index contributed by atoms with van der Waals surface area (Å²) in [5, 5.41) is 2.74. The van der Waals surface area contributed by atoms with Gasteiger partial charge in [0.1, 0.15) is 5.75 Å². The number of carbonyl (C=O) groups is 1. The van der Waals surface area contributed by atoms with Crippen molar-refractivity contribution in [3.63, 3.8) is 0 Å². The Morgan fingerprint density at radius 1 is 1.40 bits per heavy atom. The fourth-order valence-corrected chi connectivity index (χ4v) is 1.98. The molecule has 0 spiro atoms. The third-order valence-corrected chi connectivity index (χ3v) is 4.04. The van der Waals surface area contributed by atoms with Crippen molar-refractivity contribution in [3.05, 3.63) is 0 Å². The quantitative estimate of drug-likeness (QED) is 0.669. The van der Waals surface area contributed by atoms with Gasteiger partial charge in [-0.2, -0.15) is 0 Å². The van der Waals surface area contributed by atoms with Crippen molar-refractivity contribution in [1.29, 1.82) is 0 Å². The molecule has 90 valence electrons. The summed E-state index contributed by atoms with van der Waals surface area (Å²) in [6, 6.07) is 0.197. The molecule has 0 rings (SSSR count). The molecule has 0 aromatic carbocycles. The lowest BCUT2D eigenvalue weighted by molar-refractivity contribution is -0.119. The molecule has 0 saturated carbocycles. The Bertz CT molecular complexity index is 217. The zero-order valence-electron chi connectivity index (χ0n) is 9.79. The van der Waals surface area contributed by atoms with Gasteiger partial charge in [-0.05, 0) is 19.8 Å². The van der Waals surface area contributed by atoms with E-state index in [4.69, 9.17) is 5.73 Å². The molecule has 0 aromatic rings. The van der Waals surface area contributed by atoms with E-state index >= 15 is 0 Å². The van der Waals surface area contributed by atoms with Crippen LogP contribution in [0.25, 0.3) is 0 Å². The zero-order valence-corrected chi connectivity index (χ0v) is 10.6. The van der Waals surface area contributed by atoms with Gasteiger partial charge in [0.2, 0.25) is 5.91 Å². The molecule has 0 bridgehead atoms. The Balaban J connectivity index is 3.97. The molecule has 0 heterocycles. The fraction of sp³-hybridized carbons (Fsp3) is 0.900. The Morgan fingerprint density at radius 3 is 2.33 bits per heavy atom. The summed E-state index contributed by atoms with van der Waals surface area (Å²) in [4.78, 5) is 11.5. The highest BCUT2D eigenvalue weighted by atomic mass is 32.2. The molecule has 0 radical (unpaired) electrons. The molecule has 0 aliphatic heterocycles. The summed E-state index contributed by atoms with van der Waals surface area (Å²) in [6.45, 7) is 6.19. The minimum atomic E-state index is -1.15. The highest BCUT2D eigenvalue weighted by Gasteiger charge is 2.15. The summed E-state index contributed by atoms with van der Waals surface area (Å²) in [6.07, 6.45) is 1.81. The summed E-state index contributed by atoms with van der Waals surface area (Å²) < 4.78 is 11.5. The predicted octanol–water partition coefficient (Wildman–Crippen LogP) is 0.387. The highest BCUT2D eigenvalue weighted by Crippen LogP contribution is 1.98. The molecule has 0 aliphatic rings. The summed E-state index contributed by atoms with van der Waals surface area (Å²) in [5.41, 5.74) is 5.38. The second-order valence-corrected chi connectivity index (χ2v) is 5.51. The average molecular weight is 234 g/mol. The van der Waals surface area contributed by atoms with Crippen molar-refractivity contribution in [3.8, 4) is 0 Å². The smallest absolute Gasteiger partial charge is 0.232 e. The molecule has 2 atom stereocenters. The van der Waals surface area contributed by atoms with Crippen LogP contribution in [0.15, 0.2) is 0 Å². The average Bonchev–Trinajstić information content (AvgIpc) is 2.24. The number of carbonyl (C=O) groups excluding carboxylic acids is 1. The third-order valence-electron chi connectivity index (χ3n) is 2.40. The lowest BCUT2D eigenvalue weighted by Crippen LogP contribution is -2.38. The van der Waals surface area contributed by atoms with E-state index in [1.165, 1.54) is 0 Å². The third kappa shape index (κ3) is 5.89. The minimum Gasteiger partial charge on any atom is -0.353 e. The molecule has 0 fully saturated rings. The molecule has 2 unspecified atom stereocenters. The maximum Gasteiger partial charge on any atom is 0.232 e. The van der Waals surface area contributed by atoms with Crippen LogP contribution in [-0.2, 0) is 15.6 Å². The van der Waals surface area contributed by atoms with Gasteiger partial charge >= 0.3 is 0 Å². The van der Waals surface area contributed by atoms with Crippen molar-refractivity contribution < 1.29 is 9.00 Å². The maximum atomic E-state index is 11.5. The number of nitrogens with two attached hydrogens (primary N) is 1. The highest BCUT2D eigenvalue weighted by molar-refractivity contribution is 7.86. The van der Waals surface area contributed by atoms with Crippen LogP contribution in [0.1, 0.15) is 33.6 Å². The summed E-state index contributed by atoms with van der Waals surface area (Å²) in [7, 11) is -1.15. The van der Waals surface area contributed by atoms with Gasteiger partial charge in [-0.1, -0.05) is 13.8 Å². The van der Waals surface area contributed by atoms with Crippen LogP contribution in [-0.4, -0.2) is 33.7 Å². The second-order valence-electron chi connectivity index (χ2n) is 3.65. The van der Waals surface area contributed by atoms with Gasteiger partial charge in [-0.15, -0.1) is 0 Å². The van der Waals surface area contributed by atoms with Crippen molar-refractivity contribution >= 4 is 16.7 Å². The lowest BCUT2D eigenvalue weighted by atomic mass is 10.2. The fourth-order valence-electron chi connectivity index (χ4n) is 1.14. The molecule has 0 aromatic heterocycles. The zero-order chi connectivity index (χ0) is 11.8. The van der Waals surface area contributed by atoms with E-state index in [2.05, 4.69) is 5.32 Å². The summed E-state index contributed by atoms with van der Waals surface area (Å²) in [5.74, 6) is -0.0724. The topological polar surface area (TPSA) is 72.2 Å². The first-order valence-corrected chi connectivity index (χ1v) is 6.79. The van der Waals surface area contributed by atoms with Crippen LogP contribution >= 0.6 is 0 Å². The van der Waals surface area contributed by atoms with E-state index in [0.717, 1.165) is 12.8 Å². The van der Waals surface area contributed by atoms with Crippen LogP contribution < -0.4 is 11.1 Å². The van der Waals surface area contributed by atoms with E-state index < -0.39 is 10.8 Å². The molecule has 3 N–H and O–H groups in total. The number of nitrogens with one attached hydrogen (secondary N) is 1. The predicted molar refractivity (Wildman–Crippen MR) is 64.0 cm³/mol. The van der Waals surface area contributed by atoms with E-state index in [0.29, 0.717) is 6.54 Å². The lowest BCUT2D eigenvalue weighted by Gasteiger charge is -2.15. The van der Waals surface area contributed by atoms with Crippen molar-refractivity contribution in [2.45, 2.75) is 44.9 Å². The molecule has 4 nitrogen and oxygen atoms in total. The van der Waals surface area contributed by atoms with Crippen LogP contribution in [0.2, 0.25) is 0 Å². The molecule has 0 saturated heterocycles. The largest absolute Gasteiger partial charge is 0.353 e. The van der Waals surface area contributed by atoms with Crippen LogP contribution in [0, 0.1) is 0 Å². The van der Waals surface area contributed by atoms with Gasteiger partial charge in [0.15, 0.2) is 0 Å². The molecule has 1 amide bonds. The first-order chi connectivity index (χ1) is 7.04. The normalized spacial score (nSPS) is 15.0. The van der Waals surface area contributed by atoms with Gasteiger partial charge in [0, 0.05) is 28.6 Å². The van der Waals surface area contributed by atoms with Crippen LogP contribution in [0.4, 0.5) is 0 Å². The van der Waals surface area contributed by atoms with Crippen molar-refractivity contribution in [1.82, 2.24) is 5.32 Å². The standard InChI is InChI=1S/C10H22N2O2S/c1-4-9(5-2)12-10(13)7-15(14)8(3)6-11/h8-9H,4-7,11H2,1-3H3,(H,12,13). The number of hydrogen-bond acceptors (Lipinski definition) is 3. The molecular formula is C10H22N2O2S. The van der Waals surface area contributed by atoms with Gasteiger partial charge in [-0.25, -0.2) is 0 Å². The summed E-state index contributed by atoms with van der Waals surface area (Å²) >= 11 is 0. The second kappa shape index (κ2) is 7.82. The number of amides is 1. The SMILES string of the molecule is CCC(CC)NC(=O)CS(=O)C(C)CN. The van der Waals surface area contributed by atoms with Crippen molar-refractivity contribution in [2.24, 2.45) is 5.73 Å². The van der Waals surface area contributed by atoms with Gasteiger partial charge in [0.25, 0.3) is 0 Å². The molecule has 15 heavy (non-hydrogen) atoms. The van der Waals surface area contributed by atoms with Gasteiger partial charge in [0.05, 0.1) is 0 Å². The number of rotatable bonds is 7. The number of hydrogen-bond donors (Lipinski definition) is 2. The molecular weight excluding hydrogens is 212 g/mol. The Kier molecular flexibility index (Phi) is 7.60. The van der Waals surface area contributed by atoms with Crippen molar-refractivity contribution in [2.75, 3.05) is 12.3 Å². The monoisotopic (exact) mass is 234 g/mol. The van der Waals surface area contributed by atoms with E-state index in [9.17, 15) is 9.00 Å².